The molecule has 0 aromatic heterocycles. The molecule has 1 aliphatic heterocycles. The van der Waals surface area contributed by atoms with E-state index in [0.717, 1.165) is 12.8 Å². The number of amides is 4. The average molecular weight is 523 g/mol. The summed E-state index contributed by atoms with van der Waals surface area (Å²) in [4.78, 5) is 51.9. The summed E-state index contributed by atoms with van der Waals surface area (Å²) in [5.74, 6) is -1.32. The molecule has 38 heavy (non-hydrogen) atoms. The van der Waals surface area contributed by atoms with Gasteiger partial charge in [0.2, 0.25) is 17.7 Å². The summed E-state index contributed by atoms with van der Waals surface area (Å²) in [6, 6.07) is 14.7. The monoisotopic (exact) mass is 522 g/mol. The van der Waals surface area contributed by atoms with Crippen molar-refractivity contribution in [1.29, 1.82) is 0 Å². The molecule has 2 aromatic rings. The topological polar surface area (TPSA) is 126 Å². The zero-order valence-electron chi connectivity index (χ0n) is 22.3. The van der Waals surface area contributed by atoms with Gasteiger partial charge in [-0.1, -0.05) is 56.3 Å². The highest BCUT2D eigenvalue weighted by atomic mass is 16.5. The Morgan fingerprint density at radius 1 is 1.00 bits per heavy atom. The molecular formula is C29H38N4O5. The minimum atomic E-state index is -0.937. The van der Waals surface area contributed by atoms with Crippen LogP contribution in [0.2, 0.25) is 0 Å². The van der Waals surface area contributed by atoms with Crippen LogP contribution in [0.15, 0.2) is 54.6 Å². The van der Waals surface area contributed by atoms with Gasteiger partial charge in [0, 0.05) is 13.0 Å². The molecule has 4 N–H and O–H groups in total. The van der Waals surface area contributed by atoms with Gasteiger partial charge >= 0.3 is 0 Å². The third kappa shape index (κ3) is 8.61. The Balaban J connectivity index is 1.75. The largest absolute Gasteiger partial charge is 0.491 e. The maximum atomic E-state index is 13.2. The zero-order chi connectivity index (χ0) is 27.5. The van der Waals surface area contributed by atoms with Crippen molar-refractivity contribution < 1.29 is 23.9 Å². The van der Waals surface area contributed by atoms with E-state index < -0.39 is 18.0 Å². The molecule has 9 heteroatoms. The first-order chi connectivity index (χ1) is 18.2. The van der Waals surface area contributed by atoms with Crippen molar-refractivity contribution >= 4 is 23.6 Å². The van der Waals surface area contributed by atoms with Crippen LogP contribution in [0.3, 0.4) is 0 Å². The summed E-state index contributed by atoms with van der Waals surface area (Å²) >= 11 is 0. The molecule has 1 heterocycles. The zero-order valence-corrected chi connectivity index (χ0v) is 22.3. The highest BCUT2D eigenvalue weighted by Crippen LogP contribution is 2.19. The lowest BCUT2D eigenvalue weighted by molar-refractivity contribution is -0.131. The maximum absolute atomic E-state index is 13.2. The molecule has 0 radical (unpaired) electrons. The number of rotatable bonds is 6. The predicted octanol–water partition coefficient (Wildman–Crippen LogP) is 2.35. The molecule has 3 atom stereocenters. The van der Waals surface area contributed by atoms with Crippen molar-refractivity contribution in [2.45, 2.75) is 64.6 Å². The van der Waals surface area contributed by atoms with Crippen molar-refractivity contribution in [2.75, 3.05) is 13.2 Å². The van der Waals surface area contributed by atoms with E-state index in [-0.39, 0.29) is 54.7 Å². The number of para-hydroxylation sites is 1. The van der Waals surface area contributed by atoms with Gasteiger partial charge in [0.05, 0.1) is 11.6 Å². The summed E-state index contributed by atoms with van der Waals surface area (Å²) in [5.41, 5.74) is 1.45. The van der Waals surface area contributed by atoms with Gasteiger partial charge in [-0.25, -0.2) is 0 Å². The lowest BCUT2D eigenvalue weighted by Crippen LogP contribution is -2.52. The van der Waals surface area contributed by atoms with Crippen molar-refractivity contribution in [3.05, 3.63) is 65.7 Å². The second kappa shape index (κ2) is 14.2. The van der Waals surface area contributed by atoms with Gasteiger partial charge in [-0.05, 0) is 49.8 Å². The van der Waals surface area contributed by atoms with E-state index in [1.54, 1.807) is 31.2 Å². The smallest absolute Gasteiger partial charge is 0.255 e. The fourth-order valence-electron chi connectivity index (χ4n) is 4.20. The lowest BCUT2D eigenvalue weighted by Gasteiger charge is -2.24. The fourth-order valence-corrected chi connectivity index (χ4v) is 4.20. The van der Waals surface area contributed by atoms with Crippen LogP contribution >= 0.6 is 0 Å². The number of carbonyl (C=O) groups excluding carboxylic acids is 4. The van der Waals surface area contributed by atoms with E-state index in [1.165, 1.54) is 5.56 Å². The van der Waals surface area contributed by atoms with E-state index in [9.17, 15) is 19.2 Å². The normalized spacial score (nSPS) is 21.1. The van der Waals surface area contributed by atoms with Crippen molar-refractivity contribution in [2.24, 2.45) is 5.92 Å². The van der Waals surface area contributed by atoms with Gasteiger partial charge in [-0.2, -0.15) is 0 Å². The van der Waals surface area contributed by atoms with Crippen LogP contribution in [0.4, 0.5) is 0 Å². The van der Waals surface area contributed by atoms with E-state index in [0.29, 0.717) is 12.3 Å². The van der Waals surface area contributed by atoms with Gasteiger partial charge in [-0.3, -0.25) is 19.2 Å². The first-order valence-corrected chi connectivity index (χ1v) is 13.2. The van der Waals surface area contributed by atoms with Crippen LogP contribution in [-0.2, 0) is 20.8 Å². The maximum Gasteiger partial charge on any atom is 0.255 e. The van der Waals surface area contributed by atoms with Crippen LogP contribution in [0, 0.1) is 5.92 Å². The second-order valence-electron chi connectivity index (χ2n) is 9.95. The number of hydrogen-bond donors (Lipinski definition) is 4. The third-order valence-electron chi connectivity index (χ3n) is 6.34. The molecule has 204 valence electrons. The molecule has 1 aliphatic rings. The molecule has 9 nitrogen and oxygen atoms in total. The molecule has 0 bridgehead atoms. The molecule has 0 aliphatic carbocycles. The molecule has 4 amide bonds. The van der Waals surface area contributed by atoms with Gasteiger partial charge < -0.3 is 26.0 Å². The molecule has 0 fully saturated rings. The molecule has 0 saturated heterocycles. The van der Waals surface area contributed by atoms with Crippen molar-refractivity contribution in [3.63, 3.8) is 0 Å². The van der Waals surface area contributed by atoms with Gasteiger partial charge in [0.15, 0.2) is 0 Å². The van der Waals surface area contributed by atoms with Crippen LogP contribution in [-0.4, -0.2) is 54.9 Å². The van der Waals surface area contributed by atoms with E-state index in [1.807, 2.05) is 44.2 Å². The third-order valence-corrected chi connectivity index (χ3v) is 6.34. The number of nitrogens with one attached hydrogen (secondary N) is 4. The molecule has 2 aromatic carbocycles. The van der Waals surface area contributed by atoms with Gasteiger partial charge in [0.1, 0.15) is 24.4 Å². The summed E-state index contributed by atoms with van der Waals surface area (Å²) in [6.07, 6.45) is 1.58. The first-order valence-electron chi connectivity index (χ1n) is 13.2. The highest BCUT2D eigenvalue weighted by molar-refractivity contribution is 5.99. The minimum absolute atomic E-state index is 0.0351. The molecular weight excluding hydrogens is 484 g/mol. The van der Waals surface area contributed by atoms with Crippen LogP contribution in [0.25, 0.3) is 0 Å². The van der Waals surface area contributed by atoms with Crippen molar-refractivity contribution in [1.82, 2.24) is 21.3 Å². The summed E-state index contributed by atoms with van der Waals surface area (Å²) in [6.45, 7) is 6.04. The molecule has 0 saturated carbocycles. The number of fused-ring (bicyclic) bond motifs is 1. The highest BCUT2D eigenvalue weighted by Gasteiger charge is 2.28. The number of aryl methyl sites for hydroxylation is 1. The summed E-state index contributed by atoms with van der Waals surface area (Å²) in [7, 11) is 0. The Hall–Kier alpha value is -3.88. The minimum Gasteiger partial charge on any atom is -0.491 e. The lowest BCUT2D eigenvalue weighted by atomic mass is 10.0. The quantitative estimate of drug-likeness (QED) is 0.434. The number of ether oxygens (including phenoxy) is 1. The Bertz CT molecular complexity index is 1110. The van der Waals surface area contributed by atoms with Gasteiger partial charge in [-0.15, -0.1) is 0 Å². The predicted molar refractivity (Wildman–Crippen MR) is 145 cm³/mol. The van der Waals surface area contributed by atoms with Crippen LogP contribution in [0.1, 0.15) is 56.0 Å². The number of carbonyl (C=O) groups is 4. The fraction of sp³-hybridized carbons (Fsp3) is 0.448. The summed E-state index contributed by atoms with van der Waals surface area (Å²) in [5, 5.41) is 11.3. The second-order valence-corrected chi connectivity index (χ2v) is 9.95. The summed E-state index contributed by atoms with van der Waals surface area (Å²) < 4.78 is 5.87. The van der Waals surface area contributed by atoms with Crippen molar-refractivity contribution in [3.8, 4) is 5.75 Å². The van der Waals surface area contributed by atoms with Crippen LogP contribution < -0.4 is 26.0 Å². The average Bonchev–Trinajstić information content (AvgIpc) is 2.90. The van der Waals surface area contributed by atoms with E-state index in [4.69, 9.17) is 4.74 Å². The SMILES string of the molecule is CC(C)[C@H]1NC(=O)CC[C@@H](C(=O)NCCCc2ccccc2)NC(=O)c2ccccc2OC[C@H](C)NC1=O. The Labute approximate surface area is 224 Å². The molecule has 0 unspecified atom stereocenters. The number of hydrogen-bond acceptors (Lipinski definition) is 5. The molecule has 3 rings (SSSR count). The number of benzene rings is 2. The van der Waals surface area contributed by atoms with Crippen LogP contribution in [0.5, 0.6) is 5.75 Å². The standard InChI is InChI=1S/C29H38N4O5/c1-19(2)26-29(37)31-20(3)18-38-24-14-8-7-13-22(24)27(35)32-23(15-16-25(34)33-26)28(36)30-17-9-12-21-10-5-4-6-11-21/h4-8,10-11,13-14,19-20,23,26H,9,12,15-18H2,1-3H3,(H,30,36)(H,31,37)(H,32,35)(H,33,34)/t20-,23-,26+/m0/s1. The Morgan fingerprint density at radius 3 is 2.45 bits per heavy atom. The Kier molecular flexibility index (Phi) is 10.7. The Morgan fingerprint density at radius 2 is 1.71 bits per heavy atom. The molecule has 0 spiro atoms. The van der Waals surface area contributed by atoms with E-state index >= 15 is 0 Å². The van der Waals surface area contributed by atoms with Gasteiger partial charge in [0.25, 0.3) is 5.91 Å². The first kappa shape index (κ1) is 28.7. The van der Waals surface area contributed by atoms with E-state index in [2.05, 4.69) is 21.3 Å².